The Labute approximate surface area is 120 Å². The number of aliphatic hydroxyl groups excluding tert-OH is 1. The van der Waals surface area contributed by atoms with Gasteiger partial charge in [-0.2, -0.15) is 0 Å². The molecule has 0 aliphatic carbocycles. The molecular weight excluding hydrogens is 280 g/mol. The van der Waals surface area contributed by atoms with E-state index in [-0.39, 0.29) is 0 Å². The van der Waals surface area contributed by atoms with E-state index in [9.17, 15) is 9.59 Å². The molecule has 0 radical (unpaired) electrons. The molecule has 1 heterocycles. The molecule has 0 fully saturated rings. The molecule has 21 heavy (non-hydrogen) atoms. The van der Waals surface area contributed by atoms with Crippen LogP contribution in [0, 0.1) is 0 Å². The first-order chi connectivity index (χ1) is 10.1. The van der Waals surface area contributed by atoms with Gasteiger partial charge >= 0.3 is 12.0 Å². The van der Waals surface area contributed by atoms with Gasteiger partial charge in [-0.15, -0.1) is 0 Å². The number of nitrogens with one attached hydrogen (secondary N) is 2. The first kappa shape index (κ1) is 14.9. The summed E-state index contributed by atoms with van der Waals surface area (Å²) in [5.41, 5.74) is 0.429. The lowest BCUT2D eigenvalue weighted by Gasteiger charge is -2.14. The molecule has 0 bridgehead atoms. The number of ether oxygens (including phenoxy) is 2. The normalized spacial score (nSPS) is 14.7. The van der Waals surface area contributed by atoms with Crippen LogP contribution < -0.4 is 20.1 Å². The van der Waals surface area contributed by atoms with Crippen molar-refractivity contribution < 1.29 is 29.3 Å². The minimum Gasteiger partial charge on any atom is -0.490 e. The minimum absolute atomic E-state index is 0.429. The third kappa shape index (κ3) is 3.99. The van der Waals surface area contributed by atoms with E-state index in [0.29, 0.717) is 30.4 Å². The number of aliphatic carboxylic acids is 1. The van der Waals surface area contributed by atoms with E-state index in [1.807, 2.05) is 0 Å². The summed E-state index contributed by atoms with van der Waals surface area (Å²) < 4.78 is 10.9. The Morgan fingerprint density at radius 2 is 1.95 bits per heavy atom. The molecule has 1 atom stereocenters. The number of carbonyl (C=O) groups is 2. The van der Waals surface area contributed by atoms with Crippen LogP contribution >= 0.6 is 0 Å². The number of fused-ring (bicyclic) bond motifs is 1. The van der Waals surface area contributed by atoms with Crippen LogP contribution in [0.5, 0.6) is 11.5 Å². The number of benzene rings is 1. The van der Waals surface area contributed by atoms with Crippen LogP contribution in [0.1, 0.15) is 6.42 Å². The van der Waals surface area contributed by atoms with Gasteiger partial charge in [0.05, 0.1) is 19.8 Å². The van der Waals surface area contributed by atoms with Gasteiger partial charge < -0.3 is 30.3 Å². The van der Waals surface area contributed by atoms with E-state index in [1.165, 1.54) is 0 Å². The smallest absolute Gasteiger partial charge is 0.328 e. The molecule has 0 unspecified atom stereocenters. The van der Waals surface area contributed by atoms with Crippen molar-refractivity contribution in [1.82, 2.24) is 5.32 Å². The van der Waals surface area contributed by atoms with Crippen LogP contribution in [-0.4, -0.2) is 48.1 Å². The van der Waals surface area contributed by atoms with Crippen molar-refractivity contribution in [2.24, 2.45) is 0 Å². The summed E-state index contributed by atoms with van der Waals surface area (Å²) in [4.78, 5) is 22.4. The molecule has 1 aliphatic heterocycles. The summed E-state index contributed by atoms with van der Waals surface area (Å²) in [6.07, 6.45) is 0.773. The van der Waals surface area contributed by atoms with Gasteiger partial charge in [0, 0.05) is 18.2 Å². The second-order valence-electron chi connectivity index (χ2n) is 4.38. The molecule has 1 aromatic rings. The highest BCUT2D eigenvalue weighted by molar-refractivity contribution is 5.92. The molecule has 2 amide bonds. The maximum Gasteiger partial charge on any atom is 0.328 e. The number of carbonyl (C=O) groups excluding carboxylic acids is 1. The highest BCUT2D eigenvalue weighted by atomic mass is 16.5. The number of aliphatic hydroxyl groups is 1. The van der Waals surface area contributed by atoms with Crippen LogP contribution in [-0.2, 0) is 4.79 Å². The van der Waals surface area contributed by atoms with Crippen molar-refractivity contribution in [1.29, 1.82) is 0 Å². The number of rotatable bonds is 4. The number of urea groups is 1. The maximum atomic E-state index is 11.7. The number of amides is 2. The Bertz CT molecular complexity index is 533. The van der Waals surface area contributed by atoms with Crippen molar-refractivity contribution in [3.05, 3.63) is 18.2 Å². The lowest BCUT2D eigenvalue weighted by atomic mass is 10.2. The predicted molar refractivity (Wildman–Crippen MR) is 72.7 cm³/mol. The fourth-order valence-corrected chi connectivity index (χ4v) is 1.75. The van der Waals surface area contributed by atoms with Gasteiger partial charge in [-0.1, -0.05) is 0 Å². The van der Waals surface area contributed by atoms with Gasteiger partial charge in [0.15, 0.2) is 17.5 Å². The molecule has 4 N–H and O–H groups in total. The molecule has 0 spiro atoms. The van der Waals surface area contributed by atoms with E-state index >= 15 is 0 Å². The minimum atomic E-state index is -1.36. The number of hydrogen-bond donors (Lipinski definition) is 4. The van der Waals surface area contributed by atoms with Crippen molar-refractivity contribution in [3.63, 3.8) is 0 Å². The van der Waals surface area contributed by atoms with E-state index in [1.54, 1.807) is 18.2 Å². The van der Waals surface area contributed by atoms with Gasteiger partial charge in [0.25, 0.3) is 0 Å². The lowest BCUT2D eigenvalue weighted by molar-refractivity contribution is -0.140. The van der Waals surface area contributed by atoms with Gasteiger partial charge in [-0.3, -0.25) is 0 Å². The topological polar surface area (TPSA) is 117 Å². The number of carboxylic acids is 1. The summed E-state index contributed by atoms with van der Waals surface area (Å²) in [6.45, 7) is 0.398. The SMILES string of the molecule is O=C(Nc1ccc2c(c1)OCCCO2)N[C@@H](CO)C(=O)O. The van der Waals surface area contributed by atoms with Gasteiger partial charge in [0.1, 0.15) is 0 Å². The second-order valence-corrected chi connectivity index (χ2v) is 4.38. The van der Waals surface area contributed by atoms with Gasteiger partial charge in [0.2, 0.25) is 0 Å². The largest absolute Gasteiger partial charge is 0.490 e. The summed E-state index contributed by atoms with van der Waals surface area (Å²) >= 11 is 0. The molecule has 8 nitrogen and oxygen atoms in total. The zero-order valence-electron chi connectivity index (χ0n) is 11.2. The van der Waals surface area contributed by atoms with Crippen LogP contribution in [0.15, 0.2) is 18.2 Å². The summed E-state index contributed by atoms with van der Waals surface area (Å²) in [5, 5.41) is 22.2. The monoisotopic (exact) mass is 296 g/mol. The number of hydrogen-bond acceptors (Lipinski definition) is 5. The molecular formula is C13H16N2O6. The van der Waals surface area contributed by atoms with Crippen molar-refractivity contribution in [2.45, 2.75) is 12.5 Å². The Hall–Kier alpha value is -2.48. The van der Waals surface area contributed by atoms with Crippen LogP contribution in [0.3, 0.4) is 0 Å². The molecule has 8 heteroatoms. The molecule has 1 aromatic carbocycles. The van der Waals surface area contributed by atoms with Gasteiger partial charge in [-0.25, -0.2) is 9.59 Å². The third-order valence-electron chi connectivity index (χ3n) is 2.79. The highest BCUT2D eigenvalue weighted by Crippen LogP contribution is 2.32. The lowest BCUT2D eigenvalue weighted by Crippen LogP contribution is -2.45. The molecule has 114 valence electrons. The quantitative estimate of drug-likeness (QED) is 0.639. The first-order valence-corrected chi connectivity index (χ1v) is 6.41. The molecule has 1 aliphatic rings. The summed E-state index contributed by atoms with van der Waals surface area (Å²) in [5.74, 6) is -0.203. The third-order valence-corrected chi connectivity index (χ3v) is 2.79. The summed E-state index contributed by atoms with van der Waals surface area (Å²) in [7, 11) is 0. The zero-order chi connectivity index (χ0) is 15.2. The van der Waals surface area contributed by atoms with E-state index in [2.05, 4.69) is 10.6 Å². The van der Waals surface area contributed by atoms with Crippen molar-refractivity contribution >= 4 is 17.7 Å². The zero-order valence-corrected chi connectivity index (χ0v) is 11.2. The molecule has 2 rings (SSSR count). The predicted octanol–water partition coefficient (Wildman–Crippen LogP) is 0.415. The van der Waals surface area contributed by atoms with Crippen molar-refractivity contribution in [3.8, 4) is 11.5 Å². The Morgan fingerprint density at radius 1 is 1.24 bits per heavy atom. The summed E-state index contributed by atoms with van der Waals surface area (Å²) in [6, 6.07) is 2.78. The Kier molecular flexibility index (Phi) is 4.83. The van der Waals surface area contributed by atoms with Gasteiger partial charge in [-0.05, 0) is 12.1 Å². The number of carboxylic acid groups (broad SMARTS) is 1. The van der Waals surface area contributed by atoms with Crippen LogP contribution in [0.25, 0.3) is 0 Å². The first-order valence-electron chi connectivity index (χ1n) is 6.41. The second kappa shape index (κ2) is 6.80. The van der Waals surface area contributed by atoms with Crippen LogP contribution in [0.4, 0.5) is 10.5 Å². The van der Waals surface area contributed by atoms with E-state index in [0.717, 1.165) is 6.42 Å². The Balaban J connectivity index is 2.01. The van der Waals surface area contributed by atoms with E-state index in [4.69, 9.17) is 19.7 Å². The van der Waals surface area contributed by atoms with Crippen molar-refractivity contribution in [2.75, 3.05) is 25.1 Å². The Morgan fingerprint density at radius 3 is 2.62 bits per heavy atom. The molecule has 0 aromatic heterocycles. The van der Waals surface area contributed by atoms with Crippen LogP contribution in [0.2, 0.25) is 0 Å². The fourth-order valence-electron chi connectivity index (χ4n) is 1.75. The number of anilines is 1. The molecule has 0 saturated heterocycles. The standard InChI is InChI=1S/C13H16N2O6/c16-7-9(12(17)18)15-13(19)14-8-2-3-10-11(6-8)21-5-1-4-20-10/h2-3,6,9,16H,1,4-5,7H2,(H,17,18)(H2,14,15,19)/t9-/m0/s1. The average molecular weight is 296 g/mol. The average Bonchev–Trinajstić information content (AvgIpc) is 2.69. The highest BCUT2D eigenvalue weighted by Gasteiger charge is 2.19. The molecule has 0 saturated carbocycles. The van der Waals surface area contributed by atoms with E-state index < -0.39 is 24.6 Å². The fraction of sp³-hybridized carbons (Fsp3) is 0.385. The maximum absolute atomic E-state index is 11.7.